The van der Waals surface area contributed by atoms with Crippen molar-refractivity contribution in [3.63, 3.8) is 0 Å². The highest BCUT2D eigenvalue weighted by molar-refractivity contribution is 9.09. The van der Waals surface area contributed by atoms with E-state index in [1.54, 1.807) is 0 Å². The molecule has 0 aliphatic heterocycles. The van der Waals surface area contributed by atoms with Gasteiger partial charge in [0.1, 0.15) is 0 Å². The van der Waals surface area contributed by atoms with Gasteiger partial charge in [0.25, 0.3) is 0 Å². The zero-order valence-corrected chi connectivity index (χ0v) is 11.2. The molecule has 2 heteroatoms. The lowest BCUT2D eigenvalue weighted by atomic mass is 9.98. The van der Waals surface area contributed by atoms with Crippen LogP contribution in [-0.2, 0) is 0 Å². The fraction of sp³-hybridized carbons (Fsp3) is 0.133. The summed E-state index contributed by atoms with van der Waals surface area (Å²) in [5.41, 5.74) is 4.14. The molecule has 2 aromatic carbocycles. The summed E-state index contributed by atoms with van der Waals surface area (Å²) in [7, 11) is 0. The molecule has 1 nitrogen and oxygen atoms in total. The number of Topliss-reactive ketones (excluding diaryl/α,β-unsaturated/α-hetero) is 1. The minimum Gasteiger partial charge on any atom is -0.293 e. The molecule has 2 aromatic rings. The van der Waals surface area contributed by atoms with Gasteiger partial charge in [0, 0.05) is 5.56 Å². The first-order valence-corrected chi connectivity index (χ1v) is 6.60. The Labute approximate surface area is 110 Å². The summed E-state index contributed by atoms with van der Waals surface area (Å²) in [6.45, 7) is 1.97. The molecular weight excluding hydrogens is 276 g/mol. The van der Waals surface area contributed by atoms with Gasteiger partial charge in [0.15, 0.2) is 5.78 Å². The molecule has 0 aromatic heterocycles. The van der Waals surface area contributed by atoms with E-state index in [0.717, 1.165) is 16.7 Å². The number of hydrogen-bond acceptors (Lipinski definition) is 1. The zero-order valence-electron chi connectivity index (χ0n) is 9.61. The molecule has 2 rings (SSSR count). The molecule has 0 saturated heterocycles. The fourth-order valence-corrected chi connectivity index (χ4v) is 2.16. The van der Waals surface area contributed by atoms with Crippen molar-refractivity contribution in [2.24, 2.45) is 0 Å². The Bertz CT molecular complexity index is 532. The van der Waals surface area contributed by atoms with Crippen molar-refractivity contribution in [2.75, 3.05) is 5.33 Å². The van der Waals surface area contributed by atoms with Crippen LogP contribution in [0.4, 0.5) is 0 Å². The predicted octanol–water partition coefficient (Wildman–Crippen LogP) is 4.24. The van der Waals surface area contributed by atoms with Crippen molar-refractivity contribution in [1.29, 1.82) is 0 Å². The first-order valence-electron chi connectivity index (χ1n) is 5.47. The lowest BCUT2D eigenvalue weighted by molar-refractivity contribution is 0.102. The van der Waals surface area contributed by atoms with Crippen molar-refractivity contribution >= 4 is 21.7 Å². The van der Waals surface area contributed by atoms with Crippen molar-refractivity contribution in [1.82, 2.24) is 0 Å². The lowest BCUT2D eigenvalue weighted by Gasteiger charge is -2.07. The van der Waals surface area contributed by atoms with E-state index in [2.05, 4.69) is 34.1 Å². The molecule has 17 heavy (non-hydrogen) atoms. The van der Waals surface area contributed by atoms with Gasteiger partial charge in [-0.3, -0.25) is 4.79 Å². The van der Waals surface area contributed by atoms with E-state index < -0.39 is 0 Å². The second kappa shape index (κ2) is 5.28. The topological polar surface area (TPSA) is 17.1 Å². The van der Waals surface area contributed by atoms with Crippen LogP contribution in [0.3, 0.4) is 0 Å². The lowest BCUT2D eigenvalue weighted by Crippen LogP contribution is -2.02. The van der Waals surface area contributed by atoms with Gasteiger partial charge in [0.05, 0.1) is 5.33 Å². The molecule has 0 unspecified atom stereocenters. The number of ketones is 1. The van der Waals surface area contributed by atoms with Crippen LogP contribution in [0.25, 0.3) is 11.1 Å². The largest absolute Gasteiger partial charge is 0.293 e. The third-order valence-corrected chi connectivity index (χ3v) is 3.26. The summed E-state index contributed by atoms with van der Waals surface area (Å²) in [5, 5.41) is 0.374. The van der Waals surface area contributed by atoms with E-state index in [0.29, 0.717) is 5.33 Å². The number of carbonyl (C=O) groups excluding carboxylic acids is 1. The molecule has 86 valence electrons. The number of aryl methyl sites for hydroxylation is 1. The third-order valence-electron chi connectivity index (χ3n) is 2.76. The molecular formula is C15H13BrO. The van der Waals surface area contributed by atoms with Gasteiger partial charge in [-0.05, 0) is 23.6 Å². The van der Waals surface area contributed by atoms with E-state index in [1.807, 2.05) is 37.3 Å². The maximum atomic E-state index is 11.6. The molecule has 0 aliphatic rings. The van der Waals surface area contributed by atoms with Crippen molar-refractivity contribution in [3.05, 3.63) is 59.7 Å². The van der Waals surface area contributed by atoms with E-state index in [1.165, 1.54) is 5.56 Å². The van der Waals surface area contributed by atoms with Crippen molar-refractivity contribution < 1.29 is 4.79 Å². The molecule has 0 spiro atoms. The number of hydrogen-bond donors (Lipinski definition) is 0. The Balaban J connectivity index is 2.41. The van der Waals surface area contributed by atoms with E-state index in [9.17, 15) is 4.79 Å². The molecule has 0 atom stereocenters. The van der Waals surface area contributed by atoms with Crippen LogP contribution in [0.2, 0.25) is 0 Å². The number of rotatable bonds is 3. The second-order valence-electron chi connectivity index (χ2n) is 3.95. The van der Waals surface area contributed by atoms with Crippen molar-refractivity contribution in [3.8, 4) is 11.1 Å². The highest BCUT2D eigenvalue weighted by Gasteiger charge is 2.08. The zero-order chi connectivity index (χ0) is 12.3. The Kier molecular flexibility index (Phi) is 3.75. The van der Waals surface area contributed by atoms with Gasteiger partial charge in [0.2, 0.25) is 0 Å². The highest BCUT2D eigenvalue weighted by atomic mass is 79.9. The van der Waals surface area contributed by atoms with Crippen LogP contribution in [0.1, 0.15) is 15.9 Å². The summed E-state index contributed by atoms with van der Waals surface area (Å²) < 4.78 is 0. The van der Waals surface area contributed by atoms with Crippen LogP contribution < -0.4 is 0 Å². The van der Waals surface area contributed by atoms with Crippen molar-refractivity contribution in [2.45, 2.75) is 6.92 Å². The molecule has 0 N–H and O–H groups in total. The van der Waals surface area contributed by atoms with Gasteiger partial charge in [-0.25, -0.2) is 0 Å². The maximum Gasteiger partial charge on any atom is 0.173 e. The summed E-state index contributed by atoms with van der Waals surface area (Å²) in [4.78, 5) is 11.6. The Morgan fingerprint density at radius 2 is 1.76 bits per heavy atom. The Hall–Kier alpha value is -1.41. The fourth-order valence-electron chi connectivity index (χ4n) is 1.86. The molecule has 0 fully saturated rings. The summed E-state index contributed by atoms with van der Waals surface area (Å²) in [6, 6.07) is 16.1. The van der Waals surface area contributed by atoms with Gasteiger partial charge < -0.3 is 0 Å². The van der Waals surface area contributed by atoms with Crippen LogP contribution in [-0.4, -0.2) is 11.1 Å². The second-order valence-corrected chi connectivity index (χ2v) is 4.51. The average Bonchev–Trinajstić information content (AvgIpc) is 2.39. The van der Waals surface area contributed by atoms with Crippen LogP contribution in [0.15, 0.2) is 48.5 Å². The van der Waals surface area contributed by atoms with Gasteiger partial charge >= 0.3 is 0 Å². The number of benzene rings is 2. The minimum absolute atomic E-state index is 0.127. The van der Waals surface area contributed by atoms with Crippen LogP contribution >= 0.6 is 15.9 Å². The van der Waals surface area contributed by atoms with Gasteiger partial charge in [-0.15, -0.1) is 0 Å². The molecule has 0 bridgehead atoms. The monoisotopic (exact) mass is 288 g/mol. The summed E-state index contributed by atoms with van der Waals surface area (Å²) >= 11 is 3.20. The van der Waals surface area contributed by atoms with Gasteiger partial charge in [-0.1, -0.05) is 64.5 Å². The number of halogens is 1. The number of alkyl halides is 1. The van der Waals surface area contributed by atoms with E-state index >= 15 is 0 Å². The van der Waals surface area contributed by atoms with E-state index in [-0.39, 0.29) is 5.78 Å². The standard InChI is InChI=1S/C15H13BrO/c1-11-9-13(12-5-3-2-4-6-12)7-8-14(11)15(17)10-16/h2-9H,10H2,1H3. The molecule has 0 heterocycles. The smallest absolute Gasteiger partial charge is 0.173 e. The predicted molar refractivity (Wildman–Crippen MR) is 74.7 cm³/mol. The third kappa shape index (κ3) is 2.64. The molecule has 0 aliphatic carbocycles. The summed E-state index contributed by atoms with van der Waals surface area (Å²) in [5.74, 6) is 0.127. The Morgan fingerprint density at radius 1 is 1.06 bits per heavy atom. The average molecular weight is 289 g/mol. The van der Waals surface area contributed by atoms with E-state index in [4.69, 9.17) is 0 Å². The normalized spacial score (nSPS) is 10.2. The molecule has 0 radical (unpaired) electrons. The molecule has 0 amide bonds. The SMILES string of the molecule is Cc1cc(-c2ccccc2)ccc1C(=O)CBr. The van der Waals surface area contributed by atoms with Gasteiger partial charge in [-0.2, -0.15) is 0 Å². The number of carbonyl (C=O) groups is 1. The molecule has 0 saturated carbocycles. The quantitative estimate of drug-likeness (QED) is 0.610. The first kappa shape index (κ1) is 12.1. The summed E-state index contributed by atoms with van der Waals surface area (Å²) in [6.07, 6.45) is 0. The Morgan fingerprint density at radius 3 is 2.35 bits per heavy atom. The first-order chi connectivity index (χ1) is 8.22. The van der Waals surface area contributed by atoms with Crippen LogP contribution in [0.5, 0.6) is 0 Å². The van der Waals surface area contributed by atoms with Crippen LogP contribution in [0, 0.1) is 6.92 Å². The maximum absolute atomic E-state index is 11.6. The highest BCUT2D eigenvalue weighted by Crippen LogP contribution is 2.22. The minimum atomic E-state index is 0.127.